The van der Waals surface area contributed by atoms with Crippen LogP contribution < -0.4 is 10.8 Å². The molecule has 8 heteroatoms. The first-order valence-electron chi connectivity index (χ1n) is 7.78. The highest BCUT2D eigenvalue weighted by molar-refractivity contribution is 6.62. The second-order valence-electron chi connectivity index (χ2n) is 7.12. The lowest BCUT2D eigenvalue weighted by molar-refractivity contribution is -0.136. The molecule has 0 aromatic heterocycles. The van der Waals surface area contributed by atoms with Gasteiger partial charge in [0.15, 0.2) is 0 Å². The van der Waals surface area contributed by atoms with Gasteiger partial charge in [0, 0.05) is 11.3 Å². The minimum absolute atomic E-state index is 0.0283. The maximum Gasteiger partial charge on any atom is 0.495 e. The van der Waals surface area contributed by atoms with Crippen molar-refractivity contribution >= 4 is 24.2 Å². The Morgan fingerprint density at radius 1 is 1.16 bits per heavy atom. The summed E-state index contributed by atoms with van der Waals surface area (Å²) in [5.41, 5.74) is -2.32. The Labute approximate surface area is 145 Å². The van der Waals surface area contributed by atoms with E-state index < -0.39 is 36.0 Å². The van der Waals surface area contributed by atoms with Crippen LogP contribution in [0.5, 0.6) is 0 Å². The number of alkyl halides is 3. The normalized spacial score (nSPS) is 19.0. The third-order valence-corrected chi connectivity index (χ3v) is 4.51. The molecule has 1 amide bonds. The molecule has 1 N–H and O–H groups in total. The fourth-order valence-electron chi connectivity index (χ4n) is 2.29. The zero-order chi connectivity index (χ0) is 19.2. The number of hydrogen-bond donors (Lipinski definition) is 1. The van der Waals surface area contributed by atoms with Gasteiger partial charge < -0.3 is 14.6 Å². The number of rotatable bonds is 3. The predicted octanol–water partition coefficient (Wildman–Crippen LogP) is 3.52. The molecule has 4 nitrogen and oxygen atoms in total. The lowest BCUT2D eigenvalue weighted by Gasteiger charge is -2.32. The van der Waals surface area contributed by atoms with E-state index >= 15 is 0 Å². The van der Waals surface area contributed by atoms with E-state index in [0.717, 1.165) is 6.07 Å². The van der Waals surface area contributed by atoms with Gasteiger partial charge in [-0.2, -0.15) is 13.2 Å². The van der Waals surface area contributed by atoms with Gasteiger partial charge in [-0.1, -0.05) is 12.6 Å². The van der Waals surface area contributed by atoms with E-state index in [0.29, 0.717) is 0 Å². The van der Waals surface area contributed by atoms with Gasteiger partial charge in [0.2, 0.25) is 0 Å². The van der Waals surface area contributed by atoms with Gasteiger partial charge in [0.1, 0.15) is 0 Å². The highest BCUT2D eigenvalue weighted by Gasteiger charge is 2.53. The van der Waals surface area contributed by atoms with Gasteiger partial charge in [-0.3, -0.25) is 4.79 Å². The molecule has 1 saturated heterocycles. The van der Waals surface area contributed by atoms with Crippen molar-refractivity contribution in [1.82, 2.24) is 0 Å². The van der Waals surface area contributed by atoms with Gasteiger partial charge in [-0.05, 0) is 52.2 Å². The van der Waals surface area contributed by atoms with Crippen molar-refractivity contribution in [2.75, 3.05) is 5.32 Å². The quantitative estimate of drug-likeness (QED) is 0.667. The van der Waals surface area contributed by atoms with Gasteiger partial charge in [0.25, 0.3) is 5.91 Å². The van der Waals surface area contributed by atoms with E-state index in [1.807, 2.05) is 0 Å². The summed E-state index contributed by atoms with van der Waals surface area (Å²) in [7, 11) is -1.15. The largest absolute Gasteiger partial charge is 0.495 e. The third kappa shape index (κ3) is 3.90. The van der Waals surface area contributed by atoms with Crippen LogP contribution in [0, 0.1) is 0 Å². The summed E-state index contributed by atoms with van der Waals surface area (Å²) in [4.78, 5) is 11.6. The van der Waals surface area contributed by atoms with Crippen LogP contribution in [0.25, 0.3) is 0 Å². The minimum Gasteiger partial charge on any atom is -0.399 e. The average Bonchev–Trinajstić information content (AvgIpc) is 2.66. The van der Waals surface area contributed by atoms with Crippen molar-refractivity contribution in [3.63, 3.8) is 0 Å². The van der Waals surface area contributed by atoms with E-state index in [9.17, 15) is 18.0 Å². The van der Waals surface area contributed by atoms with Crippen LogP contribution >= 0.6 is 0 Å². The van der Waals surface area contributed by atoms with Crippen molar-refractivity contribution in [3.05, 3.63) is 35.9 Å². The molecule has 2 rings (SSSR count). The minimum atomic E-state index is -4.62. The Bertz CT molecular complexity index is 698. The summed E-state index contributed by atoms with van der Waals surface area (Å²) in [5.74, 6) is -0.545. The molecule has 1 aliphatic rings. The molecule has 0 radical (unpaired) electrons. The standard InChI is InChI=1S/C17H21BF3NO3/c1-10(2)14(23)22-11-7-8-13(12(9-11)17(19,20)21)18-24-15(3,4)16(5,6)25-18/h7-9H,1H2,2-6H3,(H,22,23). The number of nitrogens with one attached hydrogen (secondary N) is 1. The smallest absolute Gasteiger partial charge is 0.399 e. The summed E-state index contributed by atoms with van der Waals surface area (Å²) in [6, 6.07) is 3.52. The Hall–Kier alpha value is -1.80. The number of amides is 1. The summed E-state index contributed by atoms with van der Waals surface area (Å²) >= 11 is 0. The Balaban J connectivity index is 2.43. The number of hydrogen-bond acceptors (Lipinski definition) is 3. The summed E-state index contributed by atoms with van der Waals surface area (Å²) < 4.78 is 52.0. The van der Waals surface area contributed by atoms with Crippen LogP contribution in [-0.2, 0) is 20.3 Å². The van der Waals surface area contributed by atoms with Crippen molar-refractivity contribution < 1.29 is 27.3 Å². The highest BCUT2D eigenvalue weighted by Crippen LogP contribution is 2.38. The highest BCUT2D eigenvalue weighted by atomic mass is 19.4. The van der Waals surface area contributed by atoms with Crippen LogP contribution in [-0.4, -0.2) is 24.2 Å². The molecule has 1 heterocycles. The molecule has 1 fully saturated rings. The molecular formula is C17H21BF3NO3. The zero-order valence-electron chi connectivity index (χ0n) is 14.9. The first-order valence-corrected chi connectivity index (χ1v) is 7.78. The molecule has 0 saturated carbocycles. The topological polar surface area (TPSA) is 47.6 Å². The molecule has 1 aromatic rings. The SMILES string of the molecule is C=C(C)C(=O)Nc1ccc(B2OC(C)(C)C(C)(C)O2)c(C(F)(F)F)c1. The van der Waals surface area contributed by atoms with Crippen molar-refractivity contribution in [2.24, 2.45) is 0 Å². The van der Waals surface area contributed by atoms with Crippen LogP contribution in [0.1, 0.15) is 40.2 Å². The molecule has 0 aliphatic carbocycles. The van der Waals surface area contributed by atoms with Crippen molar-refractivity contribution in [2.45, 2.75) is 52.0 Å². The van der Waals surface area contributed by atoms with Crippen LogP contribution in [0.3, 0.4) is 0 Å². The molecule has 1 aromatic carbocycles. The first-order chi connectivity index (χ1) is 11.2. The second kappa shape index (κ2) is 6.18. The van der Waals surface area contributed by atoms with E-state index in [4.69, 9.17) is 9.31 Å². The third-order valence-electron chi connectivity index (χ3n) is 4.51. The van der Waals surface area contributed by atoms with Crippen LogP contribution in [0.2, 0.25) is 0 Å². The molecule has 0 bridgehead atoms. The Kier molecular flexibility index (Phi) is 4.82. The lowest BCUT2D eigenvalue weighted by atomic mass is 9.75. The van der Waals surface area contributed by atoms with Crippen molar-refractivity contribution in [1.29, 1.82) is 0 Å². The number of halogens is 3. The lowest BCUT2D eigenvalue weighted by Crippen LogP contribution is -2.41. The van der Waals surface area contributed by atoms with Crippen LogP contribution in [0.15, 0.2) is 30.4 Å². The zero-order valence-corrected chi connectivity index (χ0v) is 14.9. The van der Waals surface area contributed by atoms with E-state index in [1.165, 1.54) is 19.1 Å². The van der Waals surface area contributed by atoms with Gasteiger partial charge in [0.05, 0.1) is 16.8 Å². The molecule has 25 heavy (non-hydrogen) atoms. The maximum atomic E-state index is 13.5. The molecule has 136 valence electrons. The Morgan fingerprint density at radius 3 is 2.12 bits per heavy atom. The molecule has 0 unspecified atom stereocenters. The second-order valence-corrected chi connectivity index (χ2v) is 7.12. The number of benzene rings is 1. The maximum absolute atomic E-state index is 13.5. The van der Waals surface area contributed by atoms with Gasteiger partial charge in [-0.25, -0.2) is 0 Å². The molecule has 0 atom stereocenters. The fraction of sp³-hybridized carbons (Fsp3) is 0.471. The van der Waals surface area contributed by atoms with Crippen LogP contribution in [0.4, 0.5) is 18.9 Å². The number of carbonyl (C=O) groups is 1. The average molecular weight is 355 g/mol. The summed E-state index contributed by atoms with van der Waals surface area (Å²) in [5, 5.41) is 2.38. The Morgan fingerprint density at radius 2 is 1.68 bits per heavy atom. The fourth-order valence-corrected chi connectivity index (χ4v) is 2.29. The summed E-state index contributed by atoms with van der Waals surface area (Å²) in [6.07, 6.45) is -4.62. The number of carbonyl (C=O) groups excluding carboxylic acids is 1. The number of anilines is 1. The van der Waals surface area contributed by atoms with E-state index in [2.05, 4.69) is 11.9 Å². The van der Waals surface area contributed by atoms with E-state index in [-0.39, 0.29) is 16.7 Å². The predicted molar refractivity (Wildman–Crippen MR) is 90.6 cm³/mol. The summed E-state index contributed by atoms with van der Waals surface area (Å²) in [6.45, 7) is 12.0. The van der Waals surface area contributed by atoms with Crippen molar-refractivity contribution in [3.8, 4) is 0 Å². The monoisotopic (exact) mass is 355 g/mol. The first kappa shape index (κ1) is 19.5. The molecule has 1 aliphatic heterocycles. The van der Waals surface area contributed by atoms with Gasteiger partial charge in [-0.15, -0.1) is 0 Å². The van der Waals surface area contributed by atoms with Gasteiger partial charge >= 0.3 is 13.3 Å². The molecule has 0 spiro atoms. The molecular weight excluding hydrogens is 334 g/mol. The van der Waals surface area contributed by atoms with E-state index in [1.54, 1.807) is 27.7 Å².